The van der Waals surface area contributed by atoms with Gasteiger partial charge in [-0.15, -0.1) is 6.58 Å². The topological polar surface area (TPSA) is 21.3 Å². The Morgan fingerprint density at radius 2 is 2.19 bits per heavy atom. The first kappa shape index (κ1) is 12.9. The Kier molecular flexibility index (Phi) is 5.83. The van der Waals surface area contributed by atoms with Gasteiger partial charge in [0.1, 0.15) is 0 Å². The number of rotatable bonds is 7. The van der Waals surface area contributed by atoms with Gasteiger partial charge in [0.15, 0.2) is 0 Å². The van der Waals surface area contributed by atoms with Crippen molar-refractivity contribution in [2.75, 3.05) is 7.11 Å². The fourth-order valence-corrected chi connectivity index (χ4v) is 1.62. The summed E-state index contributed by atoms with van der Waals surface area (Å²) in [6.45, 7) is 7.48. The summed E-state index contributed by atoms with van der Waals surface area (Å²) in [4.78, 5) is 0. The highest BCUT2D eigenvalue weighted by atomic mass is 16.5. The van der Waals surface area contributed by atoms with E-state index in [1.807, 2.05) is 6.08 Å². The molecular weight excluding hydrogens is 198 g/mol. The molecule has 0 fully saturated rings. The smallest absolute Gasteiger partial charge is 0.0713 e. The molecule has 0 spiro atoms. The lowest BCUT2D eigenvalue weighted by molar-refractivity contribution is 0.185. The summed E-state index contributed by atoms with van der Waals surface area (Å²) >= 11 is 0. The lowest BCUT2D eigenvalue weighted by Gasteiger charge is -2.12. The van der Waals surface area contributed by atoms with Gasteiger partial charge in [0.25, 0.3) is 0 Å². The first-order valence-corrected chi connectivity index (χ1v) is 5.67. The van der Waals surface area contributed by atoms with E-state index in [0.29, 0.717) is 12.6 Å². The number of methoxy groups -OCH3 is 1. The van der Waals surface area contributed by atoms with E-state index in [0.717, 1.165) is 13.0 Å². The second-order valence-electron chi connectivity index (χ2n) is 4.06. The summed E-state index contributed by atoms with van der Waals surface area (Å²) in [6, 6.07) is 8.94. The van der Waals surface area contributed by atoms with Gasteiger partial charge in [0.2, 0.25) is 0 Å². The second-order valence-corrected chi connectivity index (χ2v) is 4.06. The van der Waals surface area contributed by atoms with Crippen LogP contribution in [0.25, 0.3) is 0 Å². The van der Waals surface area contributed by atoms with E-state index < -0.39 is 0 Å². The molecule has 1 rings (SSSR count). The molecule has 2 heteroatoms. The van der Waals surface area contributed by atoms with E-state index in [2.05, 4.69) is 43.1 Å². The van der Waals surface area contributed by atoms with Crippen molar-refractivity contribution in [1.82, 2.24) is 5.32 Å². The third-order valence-corrected chi connectivity index (χ3v) is 2.48. The monoisotopic (exact) mass is 219 g/mol. The highest BCUT2D eigenvalue weighted by molar-refractivity contribution is 5.22. The molecule has 1 atom stereocenters. The van der Waals surface area contributed by atoms with Crippen molar-refractivity contribution in [3.8, 4) is 0 Å². The molecule has 0 bridgehead atoms. The Bertz CT molecular complexity index is 322. The number of hydrogen-bond acceptors (Lipinski definition) is 2. The van der Waals surface area contributed by atoms with Crippen molar-refractivity contribution in [3.63, 3.8) is 0 Å². The van der Waals surface area contributed by atoms with Crippen LogP contribution in [0, 0.1) is 0 Å². The Labute approximate surface area is 98.3 Å². The summed E-state index contributed by atoms with van der Waals surface area (Å²) in [5.41, 5.74) is 2.52. The highest BCUT2D eigenvalue weighted by Crippen LogP contribution is 2.06. The molecule has 0 amide bonds. The molecule has 0 aliphatic rings. The van der Waals surface area contributed by atoms with E-state index in [4.69, 9.17) is 4.74 Å². The van der Waals surface area contributed by atoms with Gasteiger partial charge < -0.3 is 10.1 Å². The minimum absolute atomic E-state index is 0.476. The number of hydrogen-bond donors (Lipinski definition) is 1. The van der Waals surface area contributed by atoms with Crippen molar-refractivity contribution in [2.45, 2.75) is 32.5 Å². The predicted molar refractivity (Wildman–Crippen MR) is 68.3 cm³/mol. The predicted octanol–water partition coefficient (Wildman–Crippen LogP) is 2.89. The van der Waals surface area contributed by atoms with E-state index in [-0.39, 0.29) is 0 Å². The highest BCUT2D eigenvalue weighted by Gasteiger charge is 1.99. The van der Waals surface area contributed by atoms with Gasteiger partial charge in [0.05, 0.1) is 6.61 Å². The van der Waals surface area contributed by atoms with Crippen molar-refractivity contribution < 1.29 is 4.74 Å². The van der Waals surface area contributed by atoms with Crippen LogP contribution in [0.5, 0.6) is 0 Å². The number of ether oxygens (including phenoxy) is 1. The van der Waals surface area contributed by atoms with Crippen molar-refractivity contribution in [1.29, 1.82) is 0 Å². The molecule has 1 aromatic rings. The molecule has 1 N–H and O–H groups in total. The van der Waals surface area contributed by atoms with Crippen LogP contribution in [0.2, 0.25) is 0 Å². The molecule has 0 radical (unpaired) electrons. The Morgan fingerprint density at radius 3 is 2.88 bits per heavy atom. The number of benzene rings is 1. The molecule has 0 aliphatic carbocycles. The maximum absolute atomic E-state index is 5.11. The van der Waals surface area contributed by atoms with E-state index >= 15 is 0 Å². The SMILES string of the molecule is C=CCC(C)NCc1cccc(COC)c1. The first-order valence-electron chi connectivity index (χ1n) is 5.67. The molecule has 1 unspecified atom stereocenters. The first-order chi connectivity index (χ1) is 7.76. The molecule has 1 aromatic carbocycles. The van der Waals surface area contributed by atoms with Crippen LogP contribution >= 0.6 is 0 Å². The van der Waals surface area contributed by atoms with Gasteiger partial charge >= 0.3 is 0 Å². The Morgan fingerprint density at radius 1 is 1.44 bits per heavy atom. The van der Waals surface area contributed by atoms with Crippen molar-refractivity contribution in [2.24, 2.45) is 0 Å². The third kappa shape index (κ3) is 4.60. The van der Waals surface area contributed by atoms with Gasteiger partial charge in [-0.1, -0.05) is 30.3 Å². The summed E-state index contributed by atoms with van der Waals surface area (Å²) in [5.74, 6) is 0. The maximum Gasteiger partial charge on any atom is 0.0713 e. The van der Waals surface area contributed by atoms with Crippen LogP contribution in [0.4, 0.5) is 0 Å². The molecule has 0 aliphatic heterocycles. The average Bonchev–Trinajstić information content (AvgIpc) is 2.28. The van der Waals surface area contributed by atoms with Crippen LogP contribution in [-0.2, 0) is 17.9 Å². The van der Waals surface area contributed by atoms with Crippen molar-refractivity contribution >= 4 is 0 Å². The van der Waals surface area contributed by atoms with Gasteiger partial charge in [-0.3, -0.25) is 0 Å². The molecule has 16 heavy (non-hydrogen) atoms. The fraction of sp³-hybridized carbons (Fsp3) is 0.429. The van der Waals surface area contributed by atoms with Crippen LogP contribution < -0.4 is 5.32 Å². The van der Waals surface area contributed by atoms with Gasteiger partial charge in [-0.25, -0.2) is 0 Å². The molecule has 0 saturated carbocycles. The van der Waals surface area contributed by atoms with Crippen LogP contribution in [0.1, 0.15) is 24.5 Å². The molecule has 0 saturated heterocycles. The molecular formula is C14H21NO. The third-order valence-electron chi connectivity index (χ3n) is 2.48. The summed E-state index contributed by atoms with van der Waals surface area (Å²) in [5, 5.41) is 3.46. The zero-order valence-electron chi connectivity index (χ0n) is 10.2. The zero-order chi connectivity index (χ0) is 11.8. The van der Waals surface area contributed by atoms with Gasteiger partial charge in [0, 0.05) is 19.7 Å². The van der Waals surface area contributed by atoms with E-state index in [1.54, 1.807) is 7.11 Å². The van der Waals surface area contributed by atoms with Crippen molar-refractivity contribution in [3.05, 3.63) is 48.0 Å². The molecule has 2 nitrogen and oxygen atoms in total. The molecule has 88 valence electrons. The standard InChI is InChI=1S/C14H21NO/c1-4-6-12(2)15-10-13-7-5-8-14(9-13)11-16-3/h4-5,7-9,12,15H,1,6,10-11H2,2-3H3. The normalized spacial score (nSPS) is 12.4. The quantitative estimate of drug-likeness (QED) is 0.712. The summed E-state index contributed by atoms with van der Waals surface area (Å²) in [7, 11) is 1.72. The van der Waals surface area contributed by atoms with Crippen LogP contribution in [0.3, 0.4) is 0 Å². The maximum atomic E-state index is 5.11. The second kappa shape index (κ2) is 7.20. The number of nitrogens with one attached hydrogen (secondary N) is 1. The Balaban J connectivity index is 2.46. The molecule has 0 aromatic heterocycles. The van der Waals surface area contributed by atoms with E-state index in [9.17, 15) is 0 Å². The van der Waals surface area contributed by atoms with Gasteiger partial charge in [-0.2, -0.15) is 0 Å². The lowest BCUT2D eigenvalue weighted by Crippen LogP contribution is -2.24. The van der Waals surface area contributed by atoms with E-state index in [1.165, 1.54) is 11.1 Å². The van der Waals surface area contributed by atoms with Crippen LogP contribution in [-0.4, -0.2) is 13.2 Å². The largest absolute Gasteiger partial charge is 0.380 e. The molecule has 0 heterocycles. The average molecular weight is 219 g/mol. The summed E-state index contributed by atoms with van der Waals surface area (Å²) in [6.07, 6.45) is 2.94. The zero-order valence-corrected chi connectivity index (χ0v) is 10.2. The van der Waals surface area contributed by atoms with Crippen LogP contribution in [0.15, 0.2) is 36.9 Å². The summed E-state index contributed by atoms with van der Waals surface area (Å²) < 4.78 is 5.11. The van der Waals surface area contributed by atoms with Gasteiger partial charge in [-0.05, 0) is 24.5 Å². The fourth-order valence-electron chi connectivity index (χ4n) is 1.62. The Hall–Kier alpha value is -1.12. The lowest BCUT2D eigenvalue weighted by atomic mass is 10.1. The minimum atomic E-state index is 0.476. The minimum Gasteiger partial charge on any atom is -0.380 e.